The fourth-order valence-corrected chi connectivity index (χ4v) is 7.39. The summed E-state index contributed by atoms with van der Waals surface area (Å²) in [6.07, 6.45) is 45.1. The molecule has 58 heavy (non-hydrogen) atoms. The SMILES string of the molecule is CCCCCCCCCC/C=C\CCCCCCCC(=O)OCC(COP(=O)(O)OCC[N+](C)(C)C)OC(=O)CCCCCCC/C=C\CCCCCCCCCC. The van der Waals surface area contributed by atoms with Gasteiger partial charge in [-0.15, -0.1) is 0 Å². The van der Waals surface area contributed by atoms with E-state index in [1.54, 1.807) is 0 Å². The molecular formula is C48H93NO8P+. The van der Waals surface area contributed by atoms with Crippen LogP contribution in [0.25, 0.3) is 0 Å². The lowest BCUT2D eigenvalue weighted by molar-refractivity contribution is -0.870. The number of phosphoric acid groups is 1. The van der Waals surface area contributed by atoms with E-state index in [1.165, 1.54) is 116 Å². The lowest BCUT2D eigenvalue weighted by Crippen LogP contribution is -2.37. The molecule has 1 N–H and O–H groups in total. The molecule has 0 aromatic carbocycles. The van der Waals surface area contributed by atoms with E-state index in [-0.39, 0.29) is 32.0 Å². The van der Waals surface area contributed by atoms with Crippen LogP contribution in [0.4, 0.5) is 0 Å². The van der Waals surface area contributed by atoms with Gasteiger partial charge in [0.05, 0.1) is 27.7 Å². The number of hydrogen-bond acceptors (Lipinski definition) is 7. The van der Waals surface area contributed by atoms with Crippen molar-refractivity contribution in [2.24, 2.45) is 0 Å². The van der Waals surface area contributed by atoms with Crippen molar-refractivity contribution in [3.05, 3.63) is 24.3 Å². The van der Waals surface area contributed by atoms with Crippen molar-refractivity contribution < 1.29 is 42.1 Å². The van der Waals surface area contributed by atoms with Gasteiger partial charge < -0.3 is 18.9 Å². The standard InChI is InChI=1S/C48H92NO8P/c1-6-8-10-12-14-16-18-20-22-24-26-28-30-32-34-36-38-40-47(50)54-44-46(45-56-58(52,53)55-43-42-49(3,4)5)57-48(51)41-39-37-35-33-31-29-27-25-23-21-19-17-15-13-11-9-7-2/h24-27,46H,6-23,28-45H2,1-5H3/p+1/b26-24-,27-25-. The molecule has 0 aliphatic carbocycles. The number of esters is 2. The van der Waals surface area contributed by atoms with Gasteiger partial charge in [-0.1, -0.05) is 167 Å². The van der Waals surface area contributed by atoms with Crippen molar-refractivity contribution in [1.29, 1.82) is 0 Å². The Morgan fingerprint density at radius 2 is 0.879 bits per heavy atom. The van der Waals surface area contributed by atoms with Crippen LogP contribution in [0.15, 0.2) is 24.3 Å². The van der Waals surface area contributed by atoms with Crippen molar-refractivity contribution in [3.8, 4) is 0 Å². The molecule has 0 aliphatic heterocycles. The van der Waals surface area contributed by atoms with Crippen molar-refractivity contribution in [1.82, 2.24) is 0 Å². The molecule has 342 valence electrons. The summed E-state index contributed by atoms with van der Waals surface area (Å²) in [6.45, 7) is 4.43. The van der Waals surface area contributed by atoms with Gasteiger partial charge in [-0.05, 0) is 64.2 Å². The Kier molecular flexibility index (Phi) is 39.8. The molecule has 0 saturated heterocycles. The fourth-order valence-electron chi connectivity index (χ4n) is 6.65. The molecule has 0 rings (SSSR count). The smallest absolute Gasteiger partial charge is 0.462 e. The number of hydrogen-bond donors (Lipinski definition) is 1. The summed E-state index contributed by atoms with van der Waals surface area (Å²) >= 11 is 0. The van der Waals surface area contributed by atoms with Crippen LogP contribution in [0.1, 0.15) is 219 Å². The predicted octanol–water partition coefficient (Wildman–Crippen LogP) is 13.9. The summed E-state index contributed by atoms with van der Waals surface area (Å²) in [5.41, 5.74) is 0. The molecule has 0 aliphatic rings. The summed E-state index contributed by atoms with van der Waals surface area (Å²) in [5, 5.41) is 0. The molecule has 2 atom stereocenters. The Hall–Kier alpha value is -1.51. The van der Waals surface area contributed by atoms with Gasteiger partial charge in [0.2, 0.25) is 0 Å². The first-order valence-corrected chi connectivity index (χ1v) is 25.6. The van der Waals surface area contributed by atoms with Gasteiger partial charge in [0.1, 0.15) is 19.8 Å². The minimum atomic E-state index is -4.38. The molecule has 0 saturated carbocycles. The molecular weight excluding hydrogens is 750 g/mol. The summed E-state index contributed by atoms with van der Waals surface area (Å²) < 4.78 is 34.4. The number of carbonyl (C=O) groups excluding carboxylic acids is 2. The minimum absolute atomic E-state index is 0.0301. The highest BCUT2D eigenvalue weighted by molar-refractivity contribution is 7.47. The molecule has 9 nitrogen and oxygen atoms in total. The third-order valence-corrected chi connectivity index (χ3v) is 11.4. The Bertz CT molecular complexity index is 1040. The van der Waals surface area contributed by atoms with E-state index in [0.717, 1.165) is 70.6 Å². The van der Waals surface area contributed by atoms with Gasteiger partial charge in [-0.25, -0.2) is 4.57 Å². The molecule has 0 amide bonds. The molecule has 0 bridgehead atoms. The van der Waals surface area contributed by atoms with E-state index in [9.17, 15) is 19.0 Å². The summed E-state index contributed by atoms with van der Waals surface area (Å²) in [4.78, 5) is 35.4. The number of phosphoric ester groups is 1. The van der Waals surface area contributed by atoms with E-state index < -0.39 is 26.5 Å². The number of allylic oxidation sites excluding steroid dienone is 4. The molecule has 0 heterocycles. The normalized spacial score (nSPS) is 13.7. The van der Waals surface area contributed by atoms with E-state index in [1.807, 2.05) is 21.1 Å². The summed E-state index contributed by atoms with van der Waals surface area (Å²) in [5.74, 6) is -0.811. The van der Waals surface area contributed by atoms with Crippen LogP contribution in [0.2, 0.25) is 0 Å². The maximum atomic E-state index is 12.7. The quantitative estimate of drug-likeness (QED) is 0.0212. The minimum Gasteiger partial charge on any atom is -0.462 e. The van der Waals surface area contributed by atoms with Crippen LogP contribution < -0.4 is 0 Å². The zero-order valence-electron chi connectivity index (χ0n) is 38.5. The van der Waals surface area contributed by atoms with Gasteiger partial charge in [-0.3, -0.25) is 18.6 Å². The average molecular weight is 843 g/mol. The van der Waals surface area contributed by atoms with Crippen LogP contribution in [0.3, 0.4) is 0 Å². The second-order valence-corrected chi connectivity index (χ2v) is 18.9. The second-order valence-electron chi connectivity index (χ2n) is 17.5. The molecule has 0 fully saturated rings. The van der Waals surface area contributed by atoms with Crippen LogP contribution in [0.5, 0.6) is 0 Å². The van der Waals surface area contributed by atoms with Gasteiger partial charge in [0.15, 0.2) is 6.10 Å². The maximum Gasteiger partial charge on any atom is 0.472 e. The Labute approximate surface area is 358 Å². The van der Waals surface area contributed by atoms with Crippen molar-refractivity contribution >= 4 is 19.8 Å². The highest BCUT2D eigenvalue weighted by Crippen LogP contribution is 2.43. The van der Waals surface area contributed by atoms with Gasteiger partial charge >= 0.3 is 19.8 Å². The molecule has 2 unspecified atom stereocenters. The third kappa shape index (κ3) is 44.1. The lowest BCUT2D eigenvalue weighted by Gasteiger charge is -2.24. The van der Waals surface area contributed by atoms with Crippen LogP contribution in [-0.2, 0) is 32.7 Å². The molecule has 0 aromatic heterocycles. The van der Waals surface area contributed by atoms with Crippen molar-refractivity contribution in [2.75, 3.05) is 47.5 Å². The maximum absolute atomic E-state index is 12.7. The number of likely N-dealkylation sites (N-methyl/N-ethyl adjacent to an activating group) is 1. The van der Waals surface area contributed by atoms with E-state index in [0.29, 0.717) is 17.4 Å². The number of rotatable bonds is 44. The fraction of sp³-hybridized carbons (Fsp3) is 0.875. The van der Waals surface area contributed by atoms with Gasteiger partial charge in [0.25, 0.3) is 0 Å². The largest absolute Gasteiger partial charge is 0.472 e. The van der Waals surface area contributed by atoms with Crippen LogP contribution >= 0.6 is 7.82 Å². The second kappa shape index (κ2) is 40.9. The van der Waals surface area contributed by atoms with Gasteiger partial charge in [0, 0.05) is 12.8 Å². The predicted molar refractivity (Wildman–Crippen MR) is 243 cm³/mol. The molecule has 0 spiro atoms. The lowest BCUT2D eigenvalue weighted by atomic mass is 10.1. The zero-order chi connectivity index (χ0) is 42.8. The van der Waals surface area contributed by atoms with Crippen LogP contribution in [0, 0.1) is 0 Å². The summed E-state index contributed by atoms with van der Waals surface area (Å²) in [7, 11) is 1.47. The van der Waals surface area contributed by atoms with E-state index >= 15 is 0 Å². The number of ether oxygens (including phenoxy) is 2. The molecule has 10 heteroatoms. The topological polar surface area (TPSA) is 108 Å². The highest BCUT2D eigenvalue weighted by Gasteiger charge is 2.27. The number of unbranched alkanes of at least 4 members (excludes halogenated alkanes) is 26. The number of nitrogens with zero attached hydrogens (tertiary/aromatic N) is 1. The first kappa shape index (κ1) is 56.5. The number of carbonyl (C=O) groups is 2. The molecule has 0 aromatic rings. The first-order chi connectivity index (χ1) is 28.0. The van der Waals surface area contributed by atoms with Crippen molar-refractivity contribution in [2.45, 2.75) is 225 Å². The average Bonchev–Trinajstić information content (AvgIpc) is 3.17. The summed E-state index contributed by atoms with van der Waals surface area (Å²) in [6, 6.07) is 0. The van der Waals surface area contributed by atoms with E-state index in [4.69, 9.17) is 18.5 Å². The first-order valence-electron chi connectivity index (χ1n) is 24.1. The number of quaternary nitrogens is 1. The zero-order valence-corrected chi connectivity index (χ0v) is 39.4. The Morgan fingerprint density at radius 3 is 1.28 bits per heavy atom. The third-order valence-electron chi connectivity index (χ3n) is 10.5. The molecule has 0 radical (unpaired) electrons. The Morgan fingerprint density at radius 1 is 0.517 bits per heavy atom. The van der Waals surface area contributed by atoms with Crippen LogP contribution in [-0.4, -0.2) is 74.9 Å². The Balaban J connectivity index is 4.32. The monoisotopic (exact) mass is 843 g/mol. The van der Waals surface area contributed by atoms with Crippen molar-refractivity contribution in [3.63, 3.8) is 0 Å². The van der Waals surface area contributed by atoms with Gasteiger partial charge in [-0.2, -0.15) is 0 Å². The highest BCUT2D eigenvalue weighted by atomic mass is 31.2. The van der Waals surface area contributed by atoms with E-state index in [2.05, 4.69) is 38.2 Å².